The molecule has 2 fully saturated rings. The van der Waals surface area contributed by atoms with Crippen molar-refractivity contribution in [1.29, 1.82) is 0 Å². The molecule has 39 heavy (non-hydrogen) atoms. The summed E-state index contributed by atoms with van der Waals surface area (Å²) < 4.78 is 69.4. The van der Waals surface area contributed by atoms with Gasteiger partial charge in [-0.15, -0.1) is 0 Å². The Hall–Kier alpha value is -3.86. The van der Waals surface area contributed by atoms with Gasteiger partial charge in [-0.1, -0.05) is 0 Å². The number of carboxylic acid groups (broad SMARTS) is 2. The number of nitrogens with zero attached hydrogens (tertiary/aromatic N) is 4. The number of pyridine rings is 1. The fraction of sp³-hybridized carbons (Fsp3) is 0.455. The van der Waals surface area contributed by atoms with E-state index in [2.05, 4.69) is 25.2 Å². The smallest absolute Gasteiger partial charge is 0.475 e. The van der Waals surface area contributed by atoms with E-state index < -0.39 is 24.3 Å². The van der Waals surface area contributed by atoms with Gasteiger partial charge in [0.2, 0.25) is 5.91 Å². The summed E-state index contributed by atoms with van der Waals surface area (Å²) in [6.07, 6.45) is 0.0577. The Kier molecular flexibility index (Phi) is 11.1. The molecule has 4 heterocycles. The molecule has 0 spiro atoms. The van der Waals surface area contributed by atoms with Crippen molar-refractivity contribution in [3.05, 3.63) is 48.7 Å². The van der Waals surface area contributed by atoms with E-state index in [1.54, 1.807) is 31.0 Å². The van der Waals surface area contributed by atoms with Gasteiger partial charge in [-0.2, -0.15) is 26.3 Å². The predicted molar refractivity (Wildman–Crippen MR) is 119 cm³/mol. The number of alkyl halides is 6. The number of nitrogens with one attached hydrogen (secondary N) is 1. The SMILES string of the molecule is O=C(Nc1cnccn1)[C@H]1C[C@H]2OCC[C@H]2N(Cc2ccncc2)C1.O=C(O)C(F)(F)F.O=C(O)C(F)(F)F. The molecule has 0 unspecified atom stereocenters. The van der Waals surface area contributed by atoms with E-state index in [1.807, 2.05) is 12.1 Å². The number of amides is 1. The summed E-state index contributed by atoms with van der Waals surface area (Å²) >= 11 is 0. The Labute approximate surface area is 216 Å². The normalized spacial score (nSPS) is 20.8. The molecule has 2 aromatic rings. The first-order chi connectivity index (χ1) is 18.2. The molecule has 0 aliphatic carbocycles. The van der Waals surface area contributed by atoms with Gasteiger partial charge in [0.05, 0.1) is 18.2 Å². The van der Waals surface area contributed by atoms with Crippen LogP contribution in [0.25, 0.3) is 0 Å². The summed E-state index contributed by atoms with van der Waals surface area (Å²) in [5.41, 5.74) is 1.20. The van der Waals surface area contributed by atoms with E-state index in [1.165, 1.54) is 5.56 Å². The van der Waals surface area contributed by atoms with Gasteiger partial charge in [0.1, 0.15) is 0 Å². The molecule has 214 valence electrons. The van der Waals surface area contributed by atoms with E-state index in [4.69, 9.17) is 24.5 Å². The number of piperidine rings is 1. The van der Waals surface area contributed by atoms with Crippen LogP contribution in [0.3, 0.4) is 0 Å². The van der Waals surface area contributed by atoms with Gasteiger partial charge in [0.25, 0.3) is 0 Å². The molecule has 1 amide bonds. The first-order valence-electron chi connectivity index (χ1n) is 11.1. The highest BCUT2D eigenvalue weighted by molar-refractivity contribution is 5.91. The summed E-state index contributed by atoms with van der Waals surface area (Å²) in [5, 5.41) is 17.1. The molecule has 2 aliphatic heterocycles. The maximum atomic E-state index is 12.7. The number of anilines is 1. The van der Waals surface area contributed by atoms with Gasteiger partial charge >= 0.3 is 24.3 Å². The molecule has 17 heteroatoms. The summed E-state index contributed by atoms with van der Waals surface area (Å²) in [6.45, 7) is 2.29. The molecule has 11 nitrogen and oxygen atoms in total. The van der Waals surface area contributed by atoms with E-state index in [9.17, 15) is 31.1 Å². The molecule has 2 saturated heterocycles. The van der Waals surface area contributed by atoms with E-state index in [0.717, 1.165) is 32.5 Å². The van der Waals surface area contributed by atoms with Gasteiger partial charge in [0.15, 0.2) is 5.82 Å². The van der Waals surface area contributed by atoms with Crippen molar-refractivity contribution >= 4 is 23.7 Å². The van der Waals surface area contributed by atoms with Crippen molar-refractivity contribution in [2.24, 2.45) is 5.92 Å². The molecule has 3 atom stereocenters. The van der Waals surface area contributed by atoms with Crippen molar-refractivity contribution in [2.75, 3.05) is 18.5 Å². The number of hydrogen-bond acceptors (Lipinski definition) is 8. The molecular formula is C22H23F6N5O6. The predicted octanol–water partition coefficient (Wildman–Crippen LogP) is 2.76. The maximum absolute atomic E-state index is 12.7. The van der Waals surface area contributed by atoms with Crippen molar-refractivity contribution in [3.63, 3.8) is 0 Å². The van der Waals surface area contributed by atoms with Crippen LogP contribution in [0, 0.1) is 5.92 Å². The molecule has 0 aromatic carbocycles. The molecule has 0 bridgehead atoms. The lowest BCUT2D eigenvalue weighted by Gasteiger charge is -2.40. The number of aromatic nitrogens is 3. The highest BCUT2D eigenvalue weighted by atomic mass is 19.4. The van der Waals surface area contributed by atoms with E-state index in [0.29, 0.717) is 11.9 Å². The molecule has 2 aromatic heterocycles. The third-order valence-electron chi connectivity index (χ3n) is 5.42. The lowest BCUT2D eigenvalue weighted by atomic mass is 9.89. The summed E-state index contributed by atoms with van der Waals surface area (Å²) in [4.78, 5) is 45.0. The lowest BCUT2D eigenvalue weighted by molar-refractivity contribution is -0.193. The van der Waals surface area contributed by atoms with Crippen molar-refractivity contribution < 1.29 is 55.7 Å². The van der Waals surface area contributed by atoms with Crippen molar-refractivity contribution in [2.45, 2.75) is 43.9 Å². The fourth-order valence-electron chi connectivity index (χ4n) is 3.74. The largest absolute Gasteiger partial charge is 0.490 e. The summed E-state index contributed by atoms with van der Waals surface area (Å²) in [7, 11) is 0. The third-order valence-corrected chi connectivity index (χ3v) is 5.42. The van der Waals surface area contributed by atoms with Gasteiger partial charge in [-0.3, -0.25) is 19.7 Å². The minimum atomic E-state index is -5.08. The first kappa shape index (κ1) is 31.4. The van der Waals surface area contributed by atoms with Gasteiger partial charge < -0.3 is 20.3 Å². The Morgan fingerprint density at radius 2 is 1.56 bits per heavy atom. The van der Waals surface area contributed by atoms with Gasteiger partial charge in [0, 0.05) is 50.5 Å². The topological polar surface area (TPSA) is 155 Å². The second-order valence-electron chi connectivity index (χ2n) is 8.17. The van der Waals surface area contributed by atoms with Crippen LogP contribution in [0.4, 0.5) is 32.2 Å². The van der Waals surface area contributed by atoms with E-state index >= 15 is 0 Å². The van der Waals surface area contributed by atoms with Crippen LogP contribution in [-0.2, 0) is 25.7 Å². The average Bonchev–Trinajstić information content (AvgIpc) is 3.34. The second-order valence-corrected chi connectivity index (χ2v) is 8.17. The highest BCUT2D eigenvalue weighted by Crippen LogP contribution is 2.32. The van der Waals surface area contributed by atoms with Crippen molar-refractivity contribution in [1.82, 2.24) is 19.9 Å². The van der Waals surface area contributed by atoms with Crippen LogP contribution >= 0.6 is 0 Å². The number of halogens is 6. The number of fused-ring (bicyclic) bond motifs is 1. The third kappa shape index (κ3) is 10.4. The lowest BCUT2D eigenvalue weighted by Crippen LogP contribution is -2.51. The molecule has 4 rings (SSSR count). The molecule has 3 N–H and O–H groups in total. The number of carbonyl (C=O) groups excluding carboxylic acids is 1. The molecule has 0 radical (unpaired) electrons. The summed E-state index contributed by atoms with van der Waals surface area (Å²) in [5.74, 6) is -5.17. The minimum absolute atomic E-state index is 0.0193. The zero-order valence-corrected chi connectivity index (χ0v) is 19.9. The fourth-order valence-corrected chi connectivity index (χ4v) is 3.74. The number of rotatable bonds is 4. The van der Waals surface area contributed by atoms with Crippen LogP contribution in [0.2, 0.25) is 0 Å². The van der Waals surface area contributed by atoms with Crippen LogP contribution in [0.5, 0.6) is 0 Å². The Balaban J connectivity index is 0.000000317. The monoisotopic (exact) mass is 567 g/mol. The van der Waals surface area contributed by atoms with Gasteiger partial charge in [-0.25, -0.2) is 14.6 Å². The quantitative estimate of drug-likeness (QED) is 0.470. The average molecular weight is 567 g/mol. The van der Waals surface area contributed by atoms with E-state index in [-0.39, 0.29) is 17.9 Å². The maximum Gasteiger partial charge on any atom is 0.490 e. The van der Waals surface area contributed by atoms with Crippen LogP contribution in [0.1, 0.15) is 18.4 Å². The number of aliphatic carboxylic acids is 2. The number of ether oxygens (including phenoxy) is 1. The highest BCUT2D eigenvalue weighted by Gasteiger charge is 2.42. The molecule has 2 aliphatic rings. The number of carbonyl (C=O) groups is 3. The first-order valence-corrected chi connectivity index (χ1v) is 11.1. The number of likely N-dealkylation sites (tertiary alicyclic amines) is 1. The zero-order chi connectivity index (χ0) is 29.2. The zero-order valence-electron chi connectivity index (χ0n) is 19.9. The minimum Gasteiger partial charge on any atom is -0.475 e. The Morgan fingerprint density at radius 3 is 2.08 bits per heavy atom. The van der Waals surface area contributed by atoms with Crippen molar-refractivity contribution in [3.8, 4) is 0 Å². The number of carboxylic acids is 2. The van der Waals surface area contributed by atoms with Crippen LogP contribution in [-0.4, -0.2) is 85.6 Å². The Bertz CT molecular complexity index is 1070. The standard InChI is InChI=1S/C18H21N5O2.2C2HF3O2/c24-18(22-17-10-20-6-7-21-17)14-9-16-15(3-8-25-16)23(12-14)11-13-1-4-19-5-2-13;2*3-2(4,5)1(6)7/h1-2,4-7,10,14-16H,3,8-9,11-12H2,(H,21,22,24);2*(H,6,7)/t14-,15+,16+;;/m0../s1. The molecular weight excluding hydrogens is 544 g/mol. The Morgan fingerprint density at radius 1 is 0.974 bits per heavy atom. The summed E-state index contributed by atoms with van der Waals surface area (Å²) in [6, 6.07) is 4.43. The van der Waals surface area contributed by atoms with Gasteiger partial charge in [-0.05, 0) is 30.5 Å². The van der Waals surface area contributed by atoms with Crippen LogP contribution in [0.15, 0.2) is 43.1 Å². The van der Waals surface area contributed by atoms with Crippen LogP contribution < -0.4 is 5.32 Å². The molecule has 0 saturated carbocycles. The second kappa shape index (κ2) is 13.8. The number of hydrogen-bond donors (Lipinski definition) is 3.